The number of methoxy groups -OCH3 is 1. The number of carbonyl (C=O) groups excluding carboxylic acids is 8. The monoisotopic (exact) mass is 1130 g/mol. The van der Waals surface area contributed by atoms with Crippen LogP contribution in [0.25, 0.3) is 22.3 Å². The number of esters is 1. The highest BCUT2D eigenvalue weighted by Crippen LogP contribution is 2.46. The molecule has 1 saturated carbocycles. The molecule has 0 spiro atoms. The van der Waals surface area contributed by atoms with Crippen LogP contribution in [0.1, 0.15) is 77.6 Å². The molecule has 1 fully saturated rings. The first-order valence-electron chi connectivity index (χ1n) is 27.4. The van der Waals surface area contributed by atoms with Gasteiger partial charge in [-0.1, -0.05) is 43.3 Å². The second kappa shape index (κ2) is 25.9. The molecule has 4 aromatic rings. The fourth-order valence-corrected chi connectivity index (χ4v) is 10.9. The number of halogens is 1. The van der Waals surface area contributed by atoms with Crippen LogP contribution in [0, 0.1) is 18.7 Å². The molecule has 2 aromatic heterocycles. The summed E-state index contributed by atoms with van der Waals surface area (Å²) in [5.74, 6) is -5.72. The predicted octanol–water partition coefficient (Wildman–Crippen LogP) is -0.405. The maximum absolute atomic E-state index is 15.5. The highest BCUT2D eigenvalue weighted by atomic mass is 19.1. The predicted molar refractivity (Wildman–Crippen MR) is 290 cm³/mol. The van der Waals surface area contributed by atoms with Crippen molar-refractivity contribution in [2.45, 2.75) is 95.4 Å². The van der Waals surface area contributed by atoms with Gasteiger partial charge < -0.3 is 70.7 Å². The van der Waals surface area contributed by atoms with Crippen molar-refractivity contribution in [1.29, 1.82) is 0 Å². The van der Waals surface area contributed by atoms with Crippen LogP contribution in [0.15, 0.2) is 59.4 Å². The van der Waals surface area contributed by atoms with Crippen molar-refractivity contribution in [3.8, 4) is 11.4 Å². The highest BCUT2D eigenvalue weighted by Gasteiger charge is 2.46. The van der Waals surface area contributed by atoms with E-state index in [4.69, 9.17) is 23.9 Å². The van der Waals surface area contributed by atoms with Crippen molar-refractivity contribution in [2.75, 3.05) is 72.9 Å². The van der Waals surface area contributed by atoms with Gasteiger partial charge in [-0.2, -0.15) is 0 Å². The van der Waals surface area contributed by atoms with Gasteiger partial charge in [0.15, 0.2) is 5.60 Å². The zero-order valence-corrected chi connectivity index (χ0v) is 45.8. The van der Waals surface area contributed by atoms with Crippen molar-refractivity contribution >= 4 is 58.2 Å². The van der Waals surface area contributed by atoms with Crippen LogP contribution in [0.2, 0.25) is 0 Å². The van der Waals surface area contributed by atoms with Crippen molar-refractivity contribution in [1.82, 2.24) is 51.7 Å². The van der Waals surface area contributed by atoms with Crippen LogP contribution >= 0.6 is 0 Å². The fraction of sp³-hybridized carbons (Fsp3) is 0.474. The third kappa shape index (κ3) is 12.9. The van der Waals surface area contributed by atoms with E-state index in [-0.39, 0.29) is 62.0 Å². The summed E-state index contributed by atoms with van der Waals surface area (Å²) in [6.45, 7) is 2.88. The maximum atomic E-state index is 15.5. The average Bonchev–Trinajstić information content (AvgIpc) is 4.31. The Labute approximate surface area is 470 Å². The molecule has 1 unspecified atom stereocenters. The van der Waals surface area contributed by atoms with Gasteiger partial charge in [-0.25, -0.2) is 14.2 Å². The number of cyclic esters (lactones) is 1. The van der Waals surface area contributed by atoms with E-state index >= 15 is 4.39 Å². The number of aryl methyl sites for hydroxylation is 1. The van der Waals surface area contributed by atoms with E-state index in [1.807, 2.05) is 0 Å². The van der Waals surface area contributed by atoms with E-state index in [2.05, 4.69) is 37.2 Å². The molecule has 25 heteroatoms. The van der Waals surface area contributed by atoms with Crippen molar-refractivity contribution < 1.29 is 66.8 Å². The second-order valence-electron chi connectivity index (χ2n) is 20.8. The largest absolute Gasteiger partial charge is 0.458 e. The minimum Gasteiger partial charge on any atom is -0.458 e. The molecule has 5 aliphatic rings. The molecule has 5 heterocycles. The number of nitrogens with one attached hydrogen (secondary N) is 7. The van der Waals surface area contributed by atoms with Crippen LogP contribution < -0.4 is 42.8 Å². The van der Waals surface area contributed by atoms with E-state index in [0.29, 0.717) is 96.6 Å². The van der Waals surface area contributed by atoms with E-state index < -0.39 is 109 Å². The lowest BCUT2D eigenvalue weighted by atomic mass is 9.81. The summed E-state index contributed by atoms with van der Waals surface area (Å²) >= 11 is 0. The Morgan fingerprint density at radius 3 is 2.35 bits per heavy atom. The highest BCUT2D eigenvalue weighted by molar-refractivity contribution is 5.97. The lowest BCUT2D eigenvalue weighted by Gasteiger charge is -2.31. The lowest BCUT2D eigenvalue weighted by molar-refractivity contribution is -0.172. The summed E-state index contributed by atoms with van der Waals surface area (Å²) < 4.78 is 38.7. The fourth-order valence-electron chi connectivity index (χ4n) is 10.9. The molecular formula is C57H67FN10O14. The molecule has 24 nitrogen and oxygen atoms in total. The second-order valence-corrected chi connectivity index (χ2v) is 20.8. The van der Waals surface area contributed by atoms with Gasteiger partial charge in [-0.05, 0) is 73.3 Å². The molecule has 0 saturated heterocycles. The molecule has 436 valence electrons. The van der Waals surface area contributed by atoms with Crippen LogP contribution in [0.5, 0.6) is 0 Å². The number of aromatic nitrogens is 2. The number of fused-ring (bicyclic) bond motifs is 5. The van der Waals surface area contributed by atoms with Crippen LogP contribution in [0.3, 0.4) is 0 Å². The molecule has 82 heavy (non-hydrogen) atoms. The first kappa shape index (κ1) is 58.7. The third-order valence-electron chi connectivity index (χ3n) is 15.5. The number of benzene rings is 2. The average molecular weight is 1140 g/mol. The Morgan fingerprint density at radius 1 is 0.890 bits per heavy atom. The summed E-state index contributed by atoms with van der Waals surface area (Å²) in [5, 5.41) is 31.0. The number of carbonyl (C=O) groups is 8. The molecule has 9 rings (SSSR count). The van der Waals surface area contributed by atoms with Gasteiger partial charge in [0, 0.05) is 61.8 Å². The molecule has 7 amide bonds. The topological polar surface area (TPSA) is 316 Å². The number of hydrogen-bond acceptors (Lipinski definition) is 16. The molecule has 2 aromatic carbocycles. The number of aliphatic hydroxyl groups is 1. The minimum atomic E-state index is -2.06. The van der Waals surface area contributed by atoms with Gasteiger partial charge >= 0.3 is 5.97 Å². The Kier molecular flexibility index (Phi) is 18.5. The van der Waals surface area contributed by atoms with E-state index in [9.17, 15) is 48.3 Å². The molecule has 0 bridgehead atoms. The van der Waals surface area contributed by atoms with Gasteiger partial charge in [-0.3, -0.25) is 38.4 Å². The number of rotatable bonds is 27. The SMILES string of the molecule is CC[C@@]1(O)C(=O)OCc2c1cc1n(c2=O)Cc2c-1nc1cc(F)c(C)c3c1c2[C@@H](NC(=O)[C@@H](OCNC(=O)CNC(=O)[C@H](Cc1ccccc1)NC(=O)CNC(=O)CNC(=O)C(CNCCOCCOC)N1CC=CC1=O)C1CC1)CC3. The molecular weight excluding hydrogens is 1070 g/mol. The Morgan fingerprint density at radius 2 is 1.63 bits per heavy atom. The molecule has 5 atom stereocenters. The molecule has 8 N–H and O–H groups in total. The number of hydrogen-bond donors (Lipinski definition) is 8. The van der Waals surface area contributed by atoms with Crippen LogP contribution in [0.4, 0.5) is 4.39 Å². The zero-order chi connectivity index (χ0) is 58.2. The van der Waals surface area contributed by atoms with Gasteiger partial charge in [0.1, 0.15) is 37.3 Å². The Balaban J connectivity index is 0.786. The lowest BCUT2D eigenvalue weighted by Crippen LogP contribution is -2.55. The normalized spacial score (nSPS) is 18.6. The molecule has 0 radical (unpaired) electrons. The summed E-state index contributed by atoms with van der Waals surface area (Å²) in [4.78, 5) is 126. The quantitative estimate of drug-likeness (QED) is 0.0188. The number of pyridine rings is 2. The maximum Gasteiger partial charge on any atom is 0.343 e. The van der Waals surface area contributed by atoms with Gasteiger partial charge in [0.2, 0.25) is 41.4 Å². The van der Waals surface area contributed by atoms with E-state index in [0.717, 1.165) is 5.56 Å². The van der Waals surface area contributed by atoms with Gasteiger partial charge in [0.25, 0.3) is 5.56 Å². The van der Waals surface area contributed by atoms with E-state index in [1.54, 1.807) is 63.4 Å². The zero-order valence-electron chi connectivity index (χ0n) is 45.8. The van der Waals surface area contributed by atoms with Crippen LogP contribution in [-0.2, 0) is 88.9 Å². The van der Waals surface area contributed by atoms with E-state index in [1.165, 1.54) is 21.6 Å². The number of nitrogens with zero attached hydrogens (tertiary/aromatic N) is 3. The number of amides is 7. The summed E-state index contributed by atoms with van der Waals surface area (Å²) in [5.41, 5.74) is 1.93. The van der Waals surface area contributed by atoms with Crippen LogP contribution in [-0.4, -0.2) is 158 Å². The summed E-state index contributed by atoms with van der Waals surface area (Å²) in [7, 11) is 1.56. The third-order valence-corrected chi connectivity index (χ3v) is 15.5. The first-order valence-corrected chi connectivity index (χ1v) is 27.4. The van der Waals surface area contributed by atoms with Crippen molar-refractivity contribution in [2.24, 2.45) is 5.92 Å². The van der Waals surface area contributed by atoms with Crippen molar-refractivity contribution in [3.05, 3.63) is 110 Å². The minimum absolute atomic E-state index is 0.0230. The van der Waals surface area contributed by atoms with Gasteiger partial charge in [0.05, 0.1) is 74.5 Å². The van der Waals surface area contributed by atoms with Gasteiger partial charge in [-0.15, -0.1) is 0 Å². The standard InChI is InChI=1S/C57H67FN10O14/c1-4-57(78)37-22-42-50-35(28-68(42)55(76)36(37)29-81-56(57)77)49-39(15-14-34-31(2)38(58)23-40(65-50)48(34)49)66-54(75)51(33-12-13-33)82-30-63-45(70)26-61-52(73)41(21-32-9-6-5-7-10-32)64-46(71)27-60-44(69)25-62-53(74)43(67-17-8-11-47(67)72)24-59-16-18-80-20-19-79-3/h5-11,22-23,33,39,41,43,51,59,78H,4,12-21,24-30H2,1-3H3,(H,60,69)(H,61,73)(H,62,74)(H,63,70)(H,64,71)(H,66,75)/t39-,41-,43?,51-,57-/m0/s1. The first-order chi connectivity index (χ1) is 39.5. The smallest absolute Gasteiger partial charge is 0.343 e. The molecule has 3 aliphatic heterocycles. The summed E-state index contributed by atoms with van der Waals surface area (Å²) in [6.07, 6.45) is 4.11. The Hall–Kier alpha value is -7.97. The number of ether oxygens (including phenoxy) is 4. The summed E-state index contributed by atoms with van der Waals surface area (Å²) in [6, 6.07) is 8.93. The van der Waals surface area contributed by atoms with Crippen molar-refractivity contribution in [3.63, 3.8) is 0 Å². The Bertz CT molecular complexity index is 3260. The molecule has 2 aliphatic carbocycles.